The number of nitrogens with zero attached hydrogens (tertiary/aromatic N) is 1. The number of aliphatic hydroxyl groups is 1. The van der Waals surface area contributed by atoms with Crippen molar-refractivity contribution in [2.24, 2.45) is 0 Å². The van der Waals surface area contributed by atoms with Crippen molar-refractivity contribution in [2.75, 3.05) is 0 Å². The van der Waals surface area contributed by atoms with E-state index in [9.17, 15) is 5.11 Å². The first-order chi connectivity index (χ1) is 11.7. The minimum atomic E-state index is -1.23. The van der Waals surface area contributed by atoms with Crippen molar-refractivity contribution >= 4 is 18.7 Å². The van der Waals surface area contributed by atoms with Crippen molar-refractivity contribution < 1.29 is 14.4 Å². The Morgan fingerprint density at radius 3 is 2.44 bits per heavy atom. The topological polar surface area (TPSA) is 51.6 Å². The van der Waals surface area contributed by atoms with Gasteiger partial charge in [-0.2, -0.15) is 0 Å². The summed E-state index contributed by atoms with van der Waals surface area (Å²) in [6.45, 7) is 8.13. The van der Waals surface area contributed by atoms with E-state index in [0.29, 0.717) is 5.69 Å². The highest BCUT2D eigenvalue weighted by atomic mass is 16.7. The van der Waals surface area contributed by atoms with Crippen molar-refractivity contribution in [1.29, 1.82) is 0 Å². The average molecular weight is 335 g/mol. The van der Waals surface area contributed by atoms with Crippen LogP contribution in [-0.2, 0) is 14.9 Å². The molecule has 2 heterocycles. The zero-order chi connectivity index (χ0) is 17.9. The Labute approximate surface area is 148 Å². The van der Waals surface area contributed by atoms with Crippen LogP contribution in [0.5, 0.6) is 0 Å². The highest BCUT2D eigenvalue weighted by Gasteiger charge is 2.52. The Kier molecular flexibility index (Phi) is 3.49. The fourth-order valence-corrected chi connectivity index (χ4v) is 3.29. The van der Waals surface area contributed by atoms with Gasteiger partial charge in [-0.25, -0.2) is 0 Å². The van der Waals surface area contributed by atoms with E-state index in [1.807, 2.05) is 70.2 Å². The maximum absolute atomic E-state index is 11.3. The molecule has 1 aliphatic carbocycles. The van der Waals surface area contributed by atoms with Crippen LogP contribution >= 0.6 is 0 Å². The molecule has 0 radical (unpaired) electrons. The third-order valence-corrected chi connectivity index (χ3v) is 5.56. The second kappa shape index (κ2) is 5.27. The van der Waals surface area contributed by atoms with Crippen LogP contribution in [0.1, 0.15) is 44.5 Å². The molecule has 4 nitrogen and oxygen atoms in total. The van der Waals surface area contributed by atoms with Crippen LogP contribution in [0.15, 0.2) is 48.7 Å². The van der Waals surface area contributed by atoms with E-state index in [0.717, 1.165) is 16.6 Å². The molecule has 2 aromatic rings. The predicted octanol–water partition coefficient (Wildman–Crippen LogP) is 2.64. The minimum absolute atomic E-state index is 0.397. The molecule has 1 aromatic carbocycles. The molecular formula is C20H22BNO3. The van der Waals surface area contributed by atoms with Gasteiger partial charge in [0.05, 0.1) is 16.9 Å². The van der Waals surface area contributed by atoms with Gasteiger partial charge in [-0.15, -0.1) is 0 Å². The van der Waals surface area contributed by atoms with E-state index in [1.165, 1.54) is 0 Å². The van der Waals surface area contributed by atoms with Gasteiger partial charge in [0.1, 0.15) is 0 Å². The smallest absolute Gasteiger partial charge is 0.399 e. The number of fused-ring (bicyclic) bond motifs is 1. The predicted molar refractivity (Wildman–Crippen MR) is 98.4 cm³/mol. The maximum Gasteiger partial charge on any atom is 0.494 e. The Hall–Kier alpha value is -1.95. The molecule has 5 heteroatoms. The van der Waals surface area contributed by atoms with Crippen LogP contribution < -0.4 is 5.46 Å². The summed E-state index contributed by atoms with van der Waals surface area (Å²) < 4.78 is 12.3. The molecule has 4 rings (SSSR count). The first kappa shape index (κ1) is 16.5. The molecule has 25 heavy (non-hydrogen) atoms. The van der Waals surface area contributed by atoms with Crippen LogP contribution in [-0.4, -0.2) is 28.4 Å². The second-order valence-electron chi connectivity index (χ2n) is 7.75. The third-order valence-electron chi connectivity index (χ3n) is 5.56. The van der Waals surface area contributed by atoms with Crippen molar-refractivity contribution in [2.45, 2.75) is 44.5 Å². The average Bonchev–Trinajstić information content (AvgIpc) is 3.03. The van der Waals surface area contributed by atoms with E-state index in [4.69, 9.17) is 9.31 Å². The van der Waals surface area contributed by atoms with Crippen LogP contribution in [0.3, 0.4) is 0 Å². The van der Waals surface area contributed by atoms with Crippen LogP contribution in [0.25, 0.3) is 6.08 Å². The van der Waals surface area contributed by atoms with E-state index >= 15 is 0 Å². The molecular weight excluding hydrogens is 313 g/mol. The van der Waals surface area contributed by atoms with Gasteiger partial charge in [0, 0.05) is 6.20 Å². The van der Waals surface area contributed by atoms with Crippen molar-refractivity contribution in [3.8, 4) is 0 Å². The summed E-state index contributed by atoms with van der Waals surface area (Å²) in [6, 6.07) is 11.6. The second-order valence-corrected chi connectivity index (χ2v) is 7.75. The van der Waals surface area contributed by atoms with E-state index in [-0.39, 0.29) is 0 Å². The van der Waals surface area contributed by atoms with Gasteiger partial charge in [0.2, 0.25) is 0 Å². The Balaban J connectivity index is 1.72. The van der Waals surface area contributed by atoms with Crippen LogP contribution in [0.4, 0.5) is 0 Å². The van der Waals surface area contributed by atoms with E-state index < -0.39 is 23.9 Å². The fourth-order valence-electron chi connectivity index (χ4n) is 3.29. The van der Waals surface area contributed by atoms with Gasteiger partial charge in [0.25, 0.3) is 0 Å². The van der Waals surface area contributed by atoms with Gasteiger partial charge in [-0.3, -0.25) is 4.98 Å². The number of hydrogen-bond acceptors (Lipinski definition) is 4. The molecule has 2 aliphatic rings. The highest BCUT2D eigenvalue weighted by molar-refractivity contribution is 6.62. The van der Waals surface area contributed by atoms with Crippen molar-refractivity contribution in [3.63, 3.8) is 0 Å². The monoisotopic (exact) mass is 335 g/mol. The summed E-state index contributed by atoms with van der Waals surface area (Å²) in [5.74, 6) is 0. The van der Waals surface area contributed by atoms with Gasteiger partial charge in [-0.1, -0.05) is 36.4 Å². The van der Waals surface area contributed by atoms with Gasteiger partial charge >= 0.3 is 7.12 Å². The molecule has 128 valence electrons. The fraction of sp³-hybridized carbons (Fsp3) is 0.350. The highest BCUT2D eigenvalue weighted by Crippen LogP contribution is 2.39. The largest absolute Gasteiger partial charge is 0.494 e. The van der Waals surface area contributed by atoms with Gasteiger partial charge < -0.3 is 14.4 Å². The van der Waals surface area contributed by atoms with Crippen molar-refractivity contribution in [3.05, 3.63) is 65.5 Å². The summed E-state index contributed by atoms with van der Waals surface area (Å²) in [4.78, 5) is 4.39. The zero-order valence-electron chi connectivity index (χ0n) is 15.0. The lowest BCUT2D eigenvalue weighted by Gasteiger charge is -2.32. The number of hydrogen-bond donors (Lipinski definition) is 1. The molecule has 1 fully saturated rings. The van der Waals surface area contributed by atoms with Crippen molar-refractivity contribution in [1.82, 2.24) is 4.98 Å². The van der Waals surface area contributed by atoms with Gasteiger partial charge in [0.15, 0.2) is 5.60 Å². The Morgan fingerprint density at radius 2 is 1.72 bits per heavy atom. The number of aromatic nitrogens is 1. The van der Waals surface area contributed by atoms with Crippen LogP contribution in [0.2, 0.25) is 0 Å². The first-order valence-corrected chi connectivity index (χ1v) is 8.56. The molecule has 0 saturated carbocycles. The Morgan fingerprint density at radius 1 is 1.00 bits per heavy atom. The summed E-state index contributed by atoms with van der Waals surface area (Å²) in [5, 5.41) is 11.3. The number of rotatable bonds is 2. The molecule has 0 amide bonds. The molecule has 1 aromatic heterocycles. The summed E-state index contributed by atoms with van der Waals surface area (Å²) >= 11 is 0. The Bertz CT molecular complexity index is 846. The first-order valence-electron chi connectivity index (χ1n) is 8.56. The SMILES string of the molecule is CC1(C)OB(c2cccc([C@]3(O)C=Cc4cccnc43)c2)OC1(C)C. The number of benzene rings is 1. The van der Waals surface area contributed by atoms with E-state index in [2.05, 4.69) is 4.98 Å². The third kappa shape index (κ3) is 2.46. The lowest BCUT2D eigenvalue weighted by molar-refractivity contribution is 0.00578. The standard InChI is InChI=1S/C20H22BNO3/c1-18(2)19(3,4)25-21(24-18)16-9-5-8-15(13-16)20(23)11-10-14-7-6-12-22-17(14)20/h5-13,23H,1-4H3/t20-/m1/s1. The lowest BCUT2D eigenvalue weighted by Crippen LogP contribution is -2.41. The molecule has 0 bridgehead atoms. The normalized spacial score (nSPS) is 26.0. The van der Waals surface area contributed by atoms with Crippen LogP contribution in [0, 0.1) is 0 Å². The summed E-state index contributed by atoms with van der Waals surface area (Å²) in [7, 11) is -0.456. The summed E-state index contributed by atoms with van der Waals surface area (Å²) in [5.41, 5.74) is 1.22. The van der Waals surface area contributed by atoms with Gasteiger partial charge in [-0.05, 0) is 56.4 Å². The molecule has 0 unspecified atom stereocenters. The molecule has 1 N–H and O–H groups in total. The number of pyridine rings is 1. The van der Waals surface area contributed by atoms with E-state index in [1.54, 1.807) is 12.3 Å². The minimum Gasteiger partial charge on any atom is -0.399 e. The molecule has 0 spiro atoms. The summed E-state index contributed by atoms with van der Waals surface area (Å²) in [6.07, 6.45) is 5.40. The lowest BCUT2D eigenvalue weighted by atomic mass is 9.76. The maximum atomic E-state index is 11.3. The molecule has 1 saturated heterocycles. The molecule has 1 atom stereocenters. The molecule has 1 aliphatic heterocycles. The zero-order valence-corrected chi connectivity index (χ0v) is 15.0. The quantitative estimate of drug-likeness (QED) is 0.858.